The Morgan fingerprint density at radius 1 is 1.12 bits per heavy atom. The lowest BCUT2D eigenvalue weighted by molar-refractivity contribution is -0.140. The van der Waals surface area contributed by atoms with E-state index in [1.807, 2.05) is 0 Å². The molecule has 5 nitrogen and oxygen atoms in total. The minimum atomic E-state index is -4.76. The molecule has 2 heterocycles. The fourth-order valence-corrected chi connectivity index (χ4v) is 2.35. The normalized spacial score (nSPS) is 11.6. The van der Waals surface area contributed by atoms with Gasteiger partial charge in [0.15, 0.2) is 11.5 Å². The minimum Gasteiger partial charge on any atom is -0.497 e. The lowest BCUT2D eigenvalue weighted by Crippen LogP contribution is -2.10. The van der Waals surface area contributed by atoms with E-state index < -0.39 is 23.4 Å². The highest BCUT2D eigenvalue weighted by molar-refractivity contribution is 5.62. The molecule has 0 bridgehead atoms. The monoisotopic (exact) mass is 352 g/mol. The number of benzene rings is 1. The number of hydrogen-bond donors (Lipinski definition) is 0. The first-order chi connectivity index (χ1) is 11.9. The second-order valence-corrected chi connectivity index (χ2v) is 5.15. The summed E-state index contributed by atoms with van der Waals surface area (Å²) in [5.74, 6) is -0.273. The van der Waals surface area contributed by atoms with Crippen LogP contribution in [0.3, 0.4) is 0 Å². The van der Waals surface area contributed by atoms with Gasteiger partial charge in [-0.15, -0.1) is 5.10 Å². The summed E-state index contributed by atoms with van der Waals surface area (Å²) in [5, 5.41) is 6.78. The van der Waals surface area contributed by atoms with Gasteiger partial charge in [0.25, 0.3) is 0 Å². The van der Waals surface area contributed by atoms with Crippen molar-refractivity contribution in [1.29, 1.82) is 0 Å². The van der Waals surface area contributed by atoms with Gasteiger partial charge < -0.3 is 4.74 Å². The number of pyridine rings is 1. The van der Waals surface area contributed by atoms with Crippen molar-refractivity contribution < 1.29 is 22.3 Å². The van der Waals surface area contributed by atoms with Gasteiger partial charge in [0.1, 0.15) is 11.4 Å². The lowest BCUT2D eigenvalue weighted by Gasteiger charge is -2.11. The van der Waals surface area contributed by atoms with Crippen LogP contribution in [0.2, 0.25) is 0 Å². The first-order valence-electron chi connectivity index (χ1n) is 7.13. The molecule has 3 rings (SSSR count). The van der Waals surface area contributed by atoms with Crippen molar-refractivity contribution in [3.63, 3.8) is 0 Å². The van der Waals surface area contributed by atoms with Gasteiger partial charge in [-0.3, -0.25) is 4.98 Å². The molecule has 25 heavy (non-hydrogen) atoms. The highest BCUT2D eigenvalue weighted by Crippen LogP contribution is 2.36. The second kappa shape index (κ2) is 6.50. The predicted octanol–water partition coefficient (Wildman–Crippen LogP) is 3.55. The van der Waals surface area contributed by atoms with Crippen LogP contribution in [0.4, 0.5) is 17.6 Å². The molecule has 0 aliphatic rings. The molecular formula is C16H12F4N4O. The van der Waals surface area contributed by atoms with Crippen molar-refractivity contribution >= 4 is 0 Å². The maximum absolute atomic E-state index is 14.0. The van der Waals surface area contributed by atoms with Crippen molar-refractivity contribution in [2.45, 2.75) is 12.7 Å². The Labute approximate surface area is 139 Å². The summed E-state index contributed by atoms with van der Waals surface area (Å²) >= 11 is 0. The second-order valence-electron chi connectivity index (χ2n) is 5.15. The Hall–Kier alpha value is -2.97. The molecular weight excluding hydrogens is 340 g/mol. The average Bonchev–Trinajstić information content (AvgIpc) is 3.00. The Bertz CT molecular complexity index is 875. The van der Waals surface area contributed by atoms with E-state index in [1.54, 1.807) is 24.3 Å². The number of ether oxygens (including phenoxy) is 1. The van der Waals surface area contributed by atoms with Gasteiger partial charge in [-0.1, -0.05) is 17.3 Å². The first kappa shape index (κ1) is 16.9. The fourth-order valence-electron chi connectivity index (χ4n) is 2.35. The molecule has 0 radical (unpaired) electrons. The number of aromatic nitrogens is 4. The average molecular weight is 352 g/mol. The van der Waals surface area contributed by atoms with E-state index >= 15 is 0 Å². The molecule has 0 N–H and O–H groups in total. The molecule has 0 atom stereocenters. The SMILES string of the molecule is COc1ccc(Cn2nnc(C(F)(F)F)c2-c2ccncc2F)cc1. The maximum atomic E-state index is 14.0. The standard InChI is InChI=1S/C16H12F4N4O/c1-25-11-4-2-10(3-5-11)9-24-14(12-6-7-21-8-13(12)17)15(22-23-24)16(18,19)20/h2-8H,9H2,1H3. The number of hydrogen-bond acceptors (Lipinski definition) is 4. The molecule has 130 valence electrons. The van der Waals surface area contributed by atoms with E-state index in [0.717, 1.165) is 16.9 Å². The van der Waals surface area contributed by atoms with E-state index in [0.29, 0.717) is 11.3 Å². The molecule has 0 fully saturated rings. The van der Waals surface area contributed by atoms with Gasteiger partial charge in [-0.2, -0.15) is 13.2 Å². The lowest BCUT2D eigenvalue weighted by atomic mass is 10.1. The van der Waals surface area contributed by atoms with Crippen LogP contribution in [0.15, 0.2) is 42.7 Å². The molecule has 0 aliphatic heterocycles. The van der Waals surface area contributed by atoms with Gasteiger partial charge in [0, 0.05) is 11.8 Å². The number of methoxy groups -OCH3 is 1. The van der Waals surface area contributed by atoms with E-state index in [-0.39, 0.29) is 12.1 Å². The summed E-state index contributed by atoms with van der Waals surface area (Å²) < 4.78 is 59.8. The topological polar surface area (TPSA) is 52.8 Å². The molecule has 0 amide bonds. The van der Waals surface area contributed by atoms with Crippen LogP contribution < -0.4 is 4.74 Å². The van der Waals surface area contributed by atoms with Crippen LogP contribution in [0.5, 0.6) is 5.75 Å². The Morgan fingerprint density at radius 2 is 1.84 bits per heavy atom. The number of nitrogens with zero attached hydrogens (tertiary/aromatic N) is 4. The van der Waals surface area contributed by atoms with E-state index in [9.17, 15) is 17.6 Å². The molecule has 0 aliphatic carbocycles. The number of halogens is 4. The molecule has 1 aromatic carbocycles. The zero-order valence-corrected chi connectivity index (χ0v) is 13.0. The summed E-state index contributed by atoms with van der Waals surface area (Å²) in [7, 11) is 1.51. The van der Waals surface area contributed by atoms with Gasteiger partial charge in [0.2, 0.25) is 0 Å². The van der Waals surface area contributed by atoms with Crippen LogP contribution >= 0.6 is 0 Å². The largest absolute Gasteiger partial charge is 0.497 e. The van der Waals surface area contributed by atoms with Crippen molar-refractivity contribution in [3.05, 3.63) is 59.8 Å². The quantitative estimate of drug-likeness (QED) is 0.674. The third kappa shape index (κ3) is 3.44. The molecule has 0 unspecified atom stereocenters. The zero-order chi connectivity index (χ0) is 18.0. The predicted molar refractivity (Wildman–Crippen MR) is 80.3 cm³/mol. The van der Waals surface area contributed by atoms with Gasteiger partial charge in [0.05, 0.1) is 19.9 Å². The fraction of sp³-hybridized carbons (Fsp3) is 0.188. The molecule has 0 saturated carbocycles. The van der Waals surface area contributed by atoms with Gasteiger partial charge in [-0.05, 0) is 23.8 Å². The van der Waals surface area contributed by atoms with Crippen molar-refractivity contribution in [1.82, 2.24) is 20.0 Å². The molecule has 3 aromatic rings. The summed E-state index contributed by atoms with van der Waals surface area (Å²) in [6.07, 6.45) is -2.70. The van der Waals surface area contributed by atoms with Gasteiger partial charge >= 0.3 is 6.18 Å². The van der Waals surface area contributed by atoms with Crippen LogP contribution in [0.25, 0.3) is 11.3 Å². The third-order valence-corrected chi connectivity index (χ3v) is 3.52. The van der Waals surface area contributed by atoms with E-state index in [1.165, 1.54) is 13.3 Å². The molecule has 9 heteroatoms. The smallest absolute Gasteiger partial charge is 0.437 e. The van der Waals surface area contributed by atoms with Crippen LogP contribution in [0, 0.1) is 5.82 Å². The van der Waals surface area contributed by atoms with Crippen molar-refractivity contribution in [2.75, 3.05) is 7.11 Å². The third-order valence-electron chi connectivity index (χ3n) is 3.52. The Balaban J connectivity index is 2.07. The van der Waals surface area contributed by atoms with E-state index in [4.69, 9.17) is 4.74 Å². The highest BCUT2D eigenvalue weighted by Gasteiger charge is 2.39. The zero-order valence-electron chi connectivity index (χ0n) is 13.0. The number of rotatable bonds is 4. The molecule has 0 spiro atoms. The summed E-state index contributed by atoms with van der Waals surface area (Å²) in [6.45, 7) is -0.00975. The molecule has 0 saturated heterocycles. The van der Waals surface area contributed by atoms with Gasteiger partial charge in [-0.25, -0.2) is 9.07 Å². The Morgan fingerprint density at radius 3 is 2.44 bits per heavy atom. The maximum Gasteiger partial charge on any atom is 0.437 e. The van der Waals surface area contributed by atoms with E-state index in [2.05, 4.69) is 15.3 Å². The van der Waals surface area contributed by atoms with Crippen LogP contribution in [-0.4, -0.2) is 27.1 Å². The van der Waals surface area contributed by atoms with Crippen molar-refractivity contribution in [2.24, 2.45) is 0 Å². The first-order valence-corrected chi connectivity index (χ1v) is 7.13. The minimum absolute atomic E-state index is 0.00975. The van der Waals surface area contributed by atoms with Crippen LogP contribution in [-0.2, 0) is 12.7 Å². The highest BCUT2D eigenvalue weighted by atomic mass is 19.4. The molecule has 2 aromatic heterocycles. The summed E-state index contributed by atoms with van der Waals surface area (Å²) in [5.41, 5.74) is -1.29. The number of alkyl halides is 3. The summed E-state index contributed by atoms with van der Waals surface area (Å²) in [4.78, 5) is 3.56. The van der Waals surface area contributed by atoms with Crippen molar-refractivity contribution in [3.8, 4) is 17.0 Å². The summed E-state index contributed by atoms with van der Waals surface area (Å²) in [6, 6.07) is 7.86. The Kier molecular flexibility index (Phi) is 4.39. The van der Waals surface area contributed by atoms with Crippen LogP contribution in [0.1, 0.15) is 11.3 Å².